The van der Waals surface area contributed by atoms with Gasteiger partial charge in [-0.25, -0.2) is 0 Å². The summed E-state index contributed by atoms with van der Waals surface area (Å²) in [5.41, 5.74) is -1.15. The third-order valence-electron chi connectivity index (χ3n) is 7.56. The third kappa shape index (κ3) is 6.10. The number of hydrogen-bond donors (Lipinski definition) is 10. The van der Waals surface area contributed by atoms with Gasteiger partial charge in [0.25, 0.3) is 0 Å². The Bertz CT molecular complexity index is 1570. The van der Waals surface area contributed by atoms with E-state index < -0.39 is 103 Å². The van der Waals surface area contributed by atoms with E-state index in [0.717, 1.165) is 18.2 Å². The number of aromatic hydroxyl groups is 3. The Balaban J connectivity index is 1.48. The van der Waals surface area contributed by atoms with Crippen LogP contribution in [0.4, 0.5) is 0 Å². The summed E-state index contributed by atoms with van der Waals surface area (Å²) in [6.45, 7) is -1.40. The monoisotopic (exact) mass is 640 g/mol. The molecule has 0 bridgehead atoms. The summed E-state index contributed by atoms with van der Waals surface area (Å²) in [5, 5.41) is 102. The zero-order valence-corrected chi connectivity index (χ0v) is 23.4. The molecule has 17 nitrogen and oxygen atoms in total. The van der Waals surface area contributed by atoms with Crippen LogP contribution in [0.15, 0.2) is 39.5 Å². The molecule has 3 heterocycles. The van der Waals surface area contributed by atoms with Gasteiger partial charge in [0.15, 0.2) is 23.5 Å². The fraction of sp³-hybridized carbons (Fsp3) is 0.464. The predicted molar refractivity (Wildman–Crippen MR) is 146 cm³/mol. The van der Waals surface area contributed by atoms with Crippen LogP contribution in [-0.2, 0) is 14.2 Å². The van der Waals surface area contributed by atoms with E-state index in [1.165, 1.54) is 19.2 Å². The van der Waals surface area contributed by atoms with Gasteiger partial charge in [-0.3, -0.25) is 4.79 Å². The third-order valence-corrected chi connectivity index (χ3v) is 7.56. The van der Waals surface area contributed by atoms with Crippen LogP contribution >= 0.6 is 0 Å². The van der Waals surface area contributed by atoms with E-state index >= 15 is 0 Å². The number of phenolic OH excluding ortho intramolecular Hbond substituents is 3. The van der Waals surface area contributed by atoms with Gasteiger partial charge in [0.05, 0.1) is 20.3 Å². The quantitative estimate of drug-likeness (QED) is 0.115. The lowest BCUT2D eigenvalue weighted by molar-refractivity contribution is -0.323. The molecule has 45 heavy (non-hydrogen) atoms. The molecule has 1 aromatic heterocycles. The molecular formula is C28H32O17. The Morgan fingerprint density at radius 3 is 2.04 bits per heavy atom. The van der Waals surface area contributed by atoms with Crippen LogP contribution in [0.3, 0.4) is 0 Å². The van der Waals surface area contributed by atoms with Crippen LogP contribution in [0.25, 0.3) is 22.3 Å². The Morgan fingerprint density at radius 1 is 0.756 bits per heavy atom. The predicted octanol–water partition coefficient (Wildman–Crippen LogP) is -2.41. The number of fused-ring (bicyclic) bond motifs is 1. The van der Waals surface area contributed by atoms with E-state index in [1.807, 2.05) is 0 Å². The number of ether oxygens (including phenoxy) is 5. The average molecular weight is 641 g/mol. The molecule has 0 aliphatic carbocycles. The lowest BCUT2D eigenvalue weighted by Crippen LogP contribution is -2.62. The lowest BCUT2D eigenvalue weighted by atomic mass is 9.98. The van der Waals surface area contributed by atoms with Crippen molar-refractivity contribution in [3.05, 3.63) is 40.6 Å². The first kappa shape index (κ1) is 32.6. The molecule has 10 N–H and O–H groups in total. The van der Waals surface area contributed by atoms with Crippen molar-refractivity contribution in [1.82, 2.24) is 0 Å². The molecule has 2 aliphatic rings. The Labute approximate surface area is 252 Å². The van der Waals surface area contributed by atoms with E-state index in [2.05, 4.69) is 0 Å². The zero-order valence-electron chi connectivity index (χ0n) is 23.4. The average Bonchev–Trinajstić information content (AvgIpc) is 3.02. The molecule has 0 spiro atoms. The summed E-state index contributed by atoms with van der Waals surface area (Å²) in [5.74, 6) is -2.55. The molecule has 0 saturated carbocycles. The molecule has 0 amide bonds. The van der Waals surface area contributed by atoms with Crippen molar-refractivity contribution in [2.24, 2.45) is 0 Å². The second-order valence-corrected chi connectivity index (χ2v) is 10.5. The van der Waals surface area contributed by atoms with Crippen molar-refractivity contribution in [3.8, 4) is 40.1 Å². The number of methoxy groups -OCH3 is 1. The first-order valence-corrected chi connectivity index (χ1v) is 13.5. The Kier molecular flexibility index (Phi) is 9.38. The van der Waals surface area contributed by atoms with Crippen LogP contribution < -0.4 is 14.9 Å². The summed E-state index contributed by atoms with van der Waals surface area (Å²) in [7, 11) is 1.31. The van der Waals surface area contributed by atoms with Gasteiger partial charge < -0.3 is 79.2 Å². The van der Waals surface area contributed by atoms with E-state index in [-0.39, 0.29) is 28.0 Å². The van der Waals surface area contributed by atoms with Gasteiger partial charge in [-0.05, 0) is 18.2 Å². The minimum absolute atomic E-state index is 0.00464. The highest BCUT2D eigenvalue weighted by Crippen LogP contribution is 2.39. The first-order chi connectivity index (χ1) is 21.4. The van der Waals surface area contributed by atoms with Gasteiger partial charge in [0.1, 0.15) is 71.3 Å². The van der Waals surface area contributed by atoms with Crippen LogP contribution in [-0.4, -0.2) is 133 Å². The largest absolute Gasteiger partial charge is 0.507 e. The summed E-state index contributed by atoms with van der Waals surface area (Å²) < 4.78 is 33.0. The fourth-order valence-electron chi connectivity index (χ4n) is 5.00. The van der Waals surface area contributed by atoms with Crippen molar-refractivity contribution >= 4 is 11.0 Å². The molecule has 2 aromatic carbocycles. The van der Waals surface area contributed by atoms with Gasteiger partial charge in [-0.15, -0.1) is 0 Å². The zero-order chi connectivity index (χ0) is 32.7. The fourth-order valence-corrected chi connectivity index (χ4v) is 5.00. The molecule has 3 aromatic rings. The SMILES string of the molecule is COc1cc(O)c2c(=O)c(O[C@@H]3OC(CO[C@@H]4OC(CO)[C@@H](O)[C@H](O)C4O)[C@@H](O)[C@H](O)C3O)c(-c3ccc(O)c(O)c3)oc2c1. The lowest BCUT2D eigenvalue weighted by Gasteiger charge is -2.42. The first-order valence-electron chi connectivity index (χ1n) is 13.5. The van der Waals surface area contributed by atoms with Crippen molar-refractivity contribution in [3.63, 3.8) is 0 Å². The summed E-state index contributed by atoms with van der Waals surface area (Å²) in [6.07, 6.45) is -17.3. The summed E-state index contributed by atoms with van der Waals surface area (Å²) >= 11 is 0. The maximum absolute atomic E-state index is 13.7. The molecule has 10 atom stereocenters. The summed E-state index contributed by atoms with van der Waals surface area (Å²) in [6, 6.07) is 5.83. The maximum atomic E-state index is 13.7. The van der Waals surface area contributed by atoms with Gasteiger partial charge in [0.2, 0.25) is 17.5 Å². The second-order valence-electron chi connectivity index (χ2n) is 10.5. The van der Waals surface area contributed by atoms with E-state index in [9.17, 15) is 55.9 Å². The van der Waals surface area contributed by atoms with Gasteiger partial charge in [0, 0.05) is 17.7 Å². The second kappa shape index (κ2) is 12.9. The molecule has 2 aliphatic heterocycles. The molecule has 17 heteroatoms. The molecule has 5 rings (SSSR count). The van der Waals surface area contributed by atoms with Crippen LogP contribution in [0.2, 0.25) is 0 Å². The van der Waals surface area contributed by atoms with Crippen LogP contribution in [0, 0.1) is 0 Å². The molecular weight excluding hydrogens is 608 g/mol. The number of benzene rings is 2. The molecule has 246 valence electrons. The number of rotatable bonds is 8. The number of phenols is 3. The summed E-state index contributed by atoms with van der Waals surface area (Å²) in [4.78, 5) is 13.7. The highest BCUT2D eigenvalue weighted by Gasteiger charge is 2.48. The molecule has 0 radical (unpaired) electrons. The Morgan fingerprint density at radius 2 is 1.40 bits per heavy atom. The van der Waals surface area contributed by atoms with Gasteiger partial charge in [-0.1, -0.05) is 0 Å². The topological polar surface area (TPSA) is 279 Å². The molecule has 4 unspecified atom stereocenters. The normalized spacial score (nSPS) is 32.0. The smallest absolute Gasteiger partial charge is 0.239 e. The van der Waals surface area contributed by atoms with Crippen molar-refractivity contribution in [1.29, 1.82) is 0 Å². The van der Waals surface area contributed by atoms with Crippen LogP contribution in [0.5, 0.6) is 28.7 Å². The number of hydrogen-bond acceptors (Lipinski definition) is 17. The highest BCUT2D eigenvalue weighted by atomic mass is 16.7. The van der Waals surface area contributed by atoms with E-state index in [0.29, 0.717) is 0 Å². The van der Waals surface area contributed by atoms with E-state index in [4.69, 9.17) is 28.1 Å². The van der Waals surface area contributed by atoms with Crippen molar-refractivity contribution < 1.29 is 79.2 Å². The maximum Gasteiger partial charge on any atom is 0.239 e. The molecule has 2 fully saturated rings. The minimum Gasteiger partial charge on any atom is -0.507 e. The molecule has 2 saturated heterocycles. The van der Waals surface area contributed by atoms with Gasteiger partial charge >= 0.3 is 0 Å². The minimum atomic E-state index is -1.98. The van der Waals surface area contributed by atoms with Crippen molar-refractivity contribution in [2.75, 3.05) is 20.3 Å². The van der Waals surface area contributed by atoms with Crippen LogP contribution in [0.1, 0.15) is 0 Å². The Hall–Kier alpha value is -3.75. The van der Waals surface area contributed by atoms with Gasteiger partial charge in [-0.2, -0.15) is 0 Å². The highest BCUT2D eigenvalue weighted by molar-refractivity contribution is 5.88. The number of aliphatic hydroxyl groups excluding tert-OH is 7. The van der Waals surface area contributed by atoms with E-state index in [1.54, 1.807) is 0 Å². The van der Waals surface area contributed by atoms with Crippen molar-refractivity contribution in [2.45, 2.75) is 61.4 Å². The number of aliphatic hydroxyl groups is 7. The standard InChI is InChI=1S/C28H32O17/c1-40-10-5-13(32)17-14(6-10)42-25(9-2-3-11(30)12(31)4-9)26(20(17)35)45-28-24(39)22(37)19(34)16(44-28)8-41-27-23(38)21(36)18(33)15(7-29)43-27/h2-6,15-16,18-19,21-24,27-34,36-39H,7-8H2,1H3/t15?,16?,18-,19-,21+,22+,23?,24?,27-,28+/m1/s1.